The number of nitrogens with two attached hydrogens (primary N) is 2. The Morgan fingerprint density at radius 2 is 0.946 bits per heavy atom. The lowest BCUT2D eigenvalue weighted by Gasteiger charge is -2.47. The summed E-state index contributed by atoms with van der Waals surface area (Å²) in [6.45, 7) is 27.6. The minimum atomic E-state index is -1.26. The van der Waals surface area contributed by atoms with E-state index in [0.29, 0.717) is 98.5 Å². The predicted molar refractivity (Wildman–Crippen MR) is 293 cm³/mol. The molecule has 4 rings (SSSR count). The smallest absolute Gasteiger partial charge is 0.328 e. The van der Waals surface area contributed by atoms with Gasteiger partial charge in [-0.25, -0.2) is 9.59 Å². The lowest BCUT2D eigenvalue weighted by atomic mass is 9.91. The van der Waals surface area contributed by atoms with E-state index in [1.165, 1.54) is 0 Å². The maximum atomic E-state index is 12.9. The van der Waals surface area contributed by atoms with E-state index >= 15 is 0 Å². The second kappa shape index (κ2) is 29.0. The molecule has 0 radical (unpaired) electrons. The van der Waals surface area contributed by atoms with Crippen molar-refractivity contribution < 1.29 is 49.2 Å². The number of halogens is 2. The maximum absolute atomic E-state index is 12.9. The molecule has 0 spiro atoms. The third-order valence-electron chi connectivity index (χ3n) is 12.9. The number of carbonyl (C=O) groups is 6. The Balaban J connectivity index is 0.000000441. The lowest BCUT2D eigenvalue weighted by Crippen LogP contribution is -2.64. The first-order valence-corrected chi connectivity index (χ1v) is 26.0. The molecule has 18 nitrogen and oxygen atoms in total. The third kappa shape index (κ3) is 21.9. The van der Waals surface area contributed by atoms with Gasteiger partial charge in [-0.05, 0) is 88.5 Å². The first kappa shape index (κ1) is 65.5. The molecule has 4 amide bonds. The van der Waals surface area contributed by atoms with Crippen LogP contribution in [0.5, 0.6) is 0 Å². The van der Waals surface area contributed by atoms with E-state index in [2.05, 4.69) is 79.9 Å². The van der Waals surface area contributed by atoms with Crippen LogP contribution < -0.4 is 31.9 Å². The van der Waals surface area contributed by atoms with Crippen molar-refractivity contribution in [1.29, 1.82) is 0 Å². The fraction of sp³-hybridized carbons (Fsp3) is 0.630. The molecule has 0 saturated carbocycles. The van der Waals surface area contributed by atoms with Crippen LogP contribution in [0.25, 0.3) is 0 Å². The number of aliphatic carboxylic acids is 2. The number of aliphatic hydroxyl groups is 2. The van der Waals surface area contributed by atoms with Gasteiger partial charge in [-0.2, -0.15) is 0 Å². The number of amides is 4. The summed E-state index contributed by atoms with van der Waals surface area (Å²) >= 11 is 12.6. The summed E-state index contributed by atoms with van der Waals surface area (Å²) < 4.78 is 0. The van der Waals surface area contributed by atoms with Gasteiger partial charge in [-0.3, -0.25) is 29.0 Å². The normalized spacial score (nSPS) is 18.7. The van der Waals surface area contributed by atoms with E-state index in [1.54, 1.807) is 21.9 Å². The molecule has 0 aromatic heterocycles. The van der Waals surface area contributed by atoms with Crippen molar-refractivity contribution in [1.82, 2.24) is 20.4 Å². The molecule has 0 aliphatic carbocycles. The van der Waals surface area contributed by atoms with Crippen molar-refractivity contribution in [3.63, 3.8) is 0 Å². The van der Waals surface area contributed by atoms with Gasteiger partial charge < -0.3 is 52.3 Å². The summed E-state index contributed by atoms with van der Waals surface area (Å²) in [6.07, 6.45) is 1.26. The molecule has 74 heavy (non-hydrogen) atoms. The van der Waals surface area contributed by atoms with Crippen LogP contribution in [0, 0.1) is 22.7 Å². The van der Waals surface area contributed by atoms with Crippen molar-refractivity contribution in [2.24, 2.45) is 34.1 Å². The molecule has 0 unspecified atom stereocenters. The van der Waals surface area contributed by atoms with Crippen molar-refractivity contribution in [2.45, 2.75) is 144 Å². The van der Waals surface area contributed by atoms with Gasteiger partial charge in [0.2, 0.25) is 23.6 Å². The number of nitrogens with one attached hydrogen (secondary N) is 2. The molecule has 2 aliphatic heterocycles. The Labute approximate surface area is 449 Å². The number of carboxylic acids is 2. The molecule has 0 bridgehead atoms. The summed E-state index contributed by atoms with van der Waals surface area (Å²) in [7, 11) is 0. The zero-order valence-corrected chi connectivity index (χ0v) is 47.2. The Hall–Kier alpha value is -4.66. The van der Waals surface area contributed by atoms with Crippen LogP contribution in [0.4, 0.5) is 11.4 Å². The van der Waals surface area contributed by atoms with Crippen molar-refractivity contribution in [3.8, 4) is 0 Å². The van der Waals surface area contributed by atoms with Crippen LogP contribution in [-0.4, -0.2) is 154 Å². The zero-order chi connectivity index (χ0) is 56.5. The summed E-state index contributed by atoms with van der Waals surface area (Å²) in [5.41, 5.74) is 13.4. The number of aliphatic hydroxyl groups excluding tert-OH is 2. The van der Waals surface area contributed by atoms with Crippen LogP contribution in [0.15, 0.2) is 60.7 Å². The van der Waals surface area contributed by atoms with E-state index in [1.807, 2.05) is 60.0 Å². The molecule has 416 valence electrons. The van der Waals surface area contributed by atoms with Crippen LogP contribution in [0.3, 0.4) is 0 Å². The number of nitrogens with zero attached hydrogens (tertiary/aromatic N) is 4. The van der Waals surface area contributed by atoms with E-state index in [4.69, 9.17) is 44.9 Å². The molecule has 10 N–H and O–H groups in total. The summed E-state index contributed by atoms with van der Waals surface area (Å²) in [6, 6.07) is 13.5. The van der Waals surface area contributed by atoms with E-state index < -0.39 is 36.2 Å². The first-order valence-electron chi connectivity index (χ1n) is 25.3. The standard InChI is InChI=1S/2C25H41ClN4O3.C4H4O4/c2*1-7-17(23(33)28-15-24(2,3)4)12-21(31)19(27)13-29-14-22(32)30(16-25(29,5)6)20-11-9-8-10-18(20)26;5-3(6)1-2-4(7)8/h2*8-11,17,19,21,31H,7,12-16,27H2,1-6H3,(H,28,33);1-2H,(H,5,6)(H,7,8)/b;;2-1+/t2*17-,19+,21+;/m11./s1. The number of rotatable bonds is 20. The second-order valence-corrected chi connectivity index (χ2v) is 23.8. The number of hydrogen-bond acceptors (Lipinski definition) is 12. The highest BCUT2D eigenvalue weighted by molar-refractivity contribution is 6.34. The average Bonchev–Trinajstić information content (AvgIpc) is 3.30. The zero-order valence-electron chi connectivity index (χ0n) is 45.7. The molecule has 2 aliphatic rings. The number of carbonyl (C=O) groups excluding carboxylic acids is 4. The van der Waals surface area contributed by atoms with Crippen LogP contribution in [0.2, 0.25) is 10.0 Å². The summed E-state index contributed by atoms with van der Waals surface area (Å²) in [4.78, 5) is 77.6. The molecule has 6 atom stereocenters. The molecule has 2 aromatic carbocycles. The van der Waals surface area contributed by atoms with Gasteiger partial charge in [-0.15, -0.1) is 0 Å². The van der Waals surface area contributed by atoms with Gasteiger partial charge in [0.05, 0.1) is 46.7 Å². The Morgan fingerprint density at radius 1 is 0.635 bits per heavy atom. The topological polar surface area (TPSA) is 272 Å². The minimum Gasteiger partial charge on any atom is -0.478 e. The maximum Gasteiger partial charge on any atom is 0.328 e. The van der Waals surface area contributed by atoms with Gasteiger partial charge in [0.1, 0.15) is 0 Å². The highest BCUT2D eigenvalue weighted by atomic mass is 35.5. The van der Waals surface area contributed by atoms with Gasteiger partial charge in [0.15, 0.2) is 0 Å². The quantitative estimate of drug-likeness (QED) is 0.0731. The number of hydrogen-bond donors (Lipinski definition) is 8. The van der Waals surface area contributed by atoms with E-state index in [0.717, 1.165) is 0 Å². The number of para-hydroxylation sites is 2. The third-order valence-corrected chi connectivity index (χ3v) is 13.6. The number of piperazine rings is 2. The summed E-state index contributed by atoms with van der Waals surface area (Å²) in [5, 5.41) is 44.2. The fourth-order valence-electron chi connectivity index (χ4n) is 8.22. The number of benzene rings is 2. The fourth-order valence-corrected chi connectivity index (χ4v) is 8.69. The Morgan fingerprint density at radius 3 is 1.22 bits per heavy atom. The number of anilines is 2. The first-order chi connectivity index (χ1) is 34.1. The molecule has 2 heterocycles. The van der Waals surface area contributed by atoms with Crippen LogP contribution >= 0.6 is 23.2 Å². The molecular formula is C54H86Cl2N8O10. The van der Waals surface area contributed by atoms with Crippen molar-refractivity contribution in [3.05, 3.63) is 70.7 Å². The largest absolute Gasteiger partial charge is 0.478 e. The minimum absolute atomic E-state index is 0.00673. The second-order valence-electron chi connectivity index (χ2n) is 23.0. The van der Waals surface area contributed by atoms with Crippen molar-refractivity contribution in [2.75, 3.05) is 62.2 Å². The van der Waals surface area contributed by atoms with E-state index in [-0.39, 0.29) is 70.5 Å². The number of carboxylic acid groups (broad SMARTS) is 2. The molecule has 2 aromatic rings. The molecule has 2 saturated heterocycles. The molecule has 20 heteroatoms. The van der Waals surface area contributed by atoms with Crippen LogP contribution in [-0.2, 0) is 28.8 Å². The highest BCUT2D eigenvalue weighted by Gasteiger charge is 2.42. The Kier molecular flexibility index (Phi) is 25.7. The van der Waals surface area contributed by atoms with Crippen molar-refractivity contribution >= 4 is 70.1 Å². The summed E-state index contributed by atoms with van der Waals surface area (Å²) in [5.74, 6) is -3.35. The monoisotopic (exact) mass is 1080 g/mol. The van der Waals surface area contributed by atoms with Crippen LogP contribution in [0.1, 0.15) is 109 Å². The predicted octanol–water partition coefficient (Wildman–Crippen LogP) is 5.78. The van der Waals surface area contributed by atoms with Gasteiger partial charge >= 0.3 is 11.9 Å². The molecular weight excluding hydrogens is 992 g/mol. The van der Waals surface area contributed by atoms with E-state index in [9.17, 15) is 39.0 Å². The lowest BCUT2D eigenvalue weighted by molar-refractivity contribution is -0.134. The van der Waals surface area contributed by atoms with Gasteiger partial charge in [0, 0.05) is 86.4 Å². The SMILES string of the molecule is CC[C@H](C[C@H](O)[C@@H](N)CN1CC(=O)N(c2ccccc2Cl)CC1(C)C)C(=O)NCC(C)(C)C.CC[C@H](C[C@H](O)[C@@H](N)CN1CC(=O)N(c2ccccc2Cl)CC1(C)C)C(=O)NCC(C)(C)C.O=C(O)/C=C/C(=O)O. The highest BCUT2D eigenvalue weighted by Crippen LogP contribution is 2.33. The Bertz CT molecular complexity index is 2060. The molecule has 2 fully saturated rings. The van der Waals surface area contributed by atoms with Gasteiger partial charge in [0.25, 0.3) is 0 Å². The van der Waals surface area contributed by atoms with Gasteiger partial charge in [-0.1, -0.05) is 103 Å². The average molecular weight is 1080 g/mol.